The Hall–Kier alpha value is -2.37. The number of nitrogens with one attached hydrogen (secondary N) is 1. The van der Waals surface area contributed by atoms with Crippen LogP contribution in [0.1, 0.15) is 0 Å². The zero-order valence-corrected chi connectivity index (χ0v) is 9.86. The van der Waals surface area contributed by atoms with E-state index in [0.29, 0.717) is 17.1 Å². The largest absolute Gasteiger partial charge is 0.493 e. The molecule has 0 aliphatic heterocycles. The maximum absolute atomic E-state index is 13.6. The van der Waals surface area contributed by atoms with Crippen LogP contribution in [0.4, 0.5) is 4.39 Å². The molecule has 0 unspecified atom stereocenters. The van der Waals surface area contributed by atoms with E-state index < -0.39 is 11.5 Å². The molecule has 0 amide bonds. The summed E-state index contributed by atoms with van der Waals surface area (Å²) in [6.45, 7) is 0. The molecule has 0 aliphatic rings. The highest BCUT2D eigenvalue weighted by Crippen LogP contribution is 2.31. The van der Waals surface area contributed by atoms with Crippen molar-refractivity contribution in [3.05, 3.63) is 40.7 Å². The van der Waals surface area contributed by atoms with E-state index in [9.17, 15) is 9.18 Å². The number of aromatic amines is 1. The Bertz CT molecular complexity index is 625. The molecular formula is C12H11FN2O3. The first-order valence-corrected chi connectivity index (χ1v) is 5.13. The third-order valence-corrected chi connectivity index (χ3v) is 2.44. The predicted molar refractivity (Wildman–Crippen MR) is 63.4 cm³/mol. The first kappa shape index (κ1) is 12.1. The molecule has 1 aromatic carbocycles. The van der Waals surface area contributed by atoms with Gasteiger partial charge in [-0.05, 0) is 18.2 Å². The van der Waals surface area contributed by atoms with Gasteiger partial charge in [-0.25, -0.2) is 9.18 Å². The van der Waals surface area contributed by atoms with E-state index in [-0.39, 0.29) is 5.69 Å². The Morgan fingerprint density at radius 3 is 2.61 bits per heavy atom. The topological polar surface area (TPSA) is 64.2 Å². The highest BCUT2D eigenvalue weighted by atomic mass is 19.1. The minimum atomic E-state index is -0.610. The van der Waals surface area contributed by atoms with E-state index >= 15 is 0 Å². The molecule has 1 aromatic heterocycles. The van der Waals surface area contributed by atoms with E-state index in [0.717, 1.165) is 6.20 Å². The van der Waals surface area contributed by atoms with Gasteiger partial charge in [-0.1, -0.05) is 0 Å². The van der Waals surface area contributed by atoms with Crippen LogP contribution >= 0.6 is 0 Å². The zero-order valence-electron chi connectivity index (χ0n) is 9.86. The van der Waals surface area contributed by atoms with Crippen LogP contribution in [-0.2, 0) is 0 Å². The number of methoxy groups -OCH3 is 2. The van der Waals surface area contributed by atoms with Crippen molar-refractivity contribution >= 4 is 0 Å². The Balaban J connectivity index is 2.57. The fourth-order valence-corrected chi connectivity index (χ4v) is 1.58. The molecule has 0 spiro atoms. The summed E-state index contributed by atoms with van der Waals surface area (Å²) in [7, 11) is 2.99. The molecule has 6 heteroatoms. The molecule has 0 atom stereocenters. The summed E-state index contributed by atoms with van der Waals surface area (Å²) in [5, 5.41) is 0. The van der Waals surface area contributed by atoms with Crippen LogP contribution in [0.15, 0.2) is 29.2 Å². The monoisotopic (exact) mass is 250 g/mol. The molecule has 0 radical (unpaired) electrons. The molecule has 1 N–H and O–H groups in total. The van der Waals surface area contributed by atoms with Crippen molar-refractivity contribution in [2.75, 3.05) is 14.2 Å². The second-order valence-corrected chi connectivity index (χ2v) is 3.48. The minimum absolute atomic E-state index is 0.0657. The van der Waals surface area contributed by atoms with Gasteiger partial charge in [-0.3, -0.25) is 0 Å². The third kappa shape index (κ3) is 2.17. The van der Waals surface area contributed by atoms with Gasteiger partial charge in [0.25, 0.3) is 0 Å². The molecule has 2 rings (SSSR count). The molecule has 94 valence electrons. The molecule has 0 saturated heterocycles. The quantitative estimate of drug-likeness (QED) is 0.898. The van der Waals surface area contributed by atoms with Crippen molar-refractivity contribution in [2.24, 2.45) is 0 Å². The van der Waals surface area contributed by atoms with Crippen molar-refractivity contribution in [2.45, 2.75) is 0 Å². The number of hydrogen-bond donors (Lipinski definition) is 1. The van der Waals surface area contributed by atoms with Crippen molar-refractivity contribution in [1.29, 1.82) is 0 Å². The van der Waals surface area contributed by atoms with Gasteiger partial charge in [0.2, 0.25) is 0 Å². The summed E-state index contributed by atoms with van der Waals surface area (Å²) in [6, 6.07) is 4.83. The fraction of sp³-hybridized carbons (Fsp3) is 0.167. The molecular weight excluding hydrogens is 239 g/mol. The maximum atomic E-state index is 13.6. The average molecular weight is 250 g/mol. The van der Waals surface area contributed by atoms with Crippen LogP contribution in [0, 0.1) is 5.82 Å². The Morgan fingerprint density at radius 2 is 1.94 bits per heavy atom. The minimum Gasteiger partial charge on any atom is -0.493 e. The van der Waals surface area contributed by atoms with Crippen molar-refractivity contribution in [3.8, 4) is 22.8 Å². The number of halogens is 1. The second kappa shape index (κ2) is 4.87. The molecule has 0 fully saturated rings. The van der Waals surface area contributed by atoms with E-state index in [1.807, 2.05) is 0 Å². The van der Waals surface area contributed by atoms with Gasteiger partial charge in [0.05, 0.1) is 26.1 Å². The highest BCUT2D eigenvalue weighted by Gasteiger charge is 2.10. The second-order valence-electron chi connectivity index (χ2n) is 3.48. The number of aromatic nitrogens is 2. The molecule has 0 aliphatic carbocycles. The summed E-state index contributed by atoms with van der Waals surface area (Å²) in [5.74, 6) is 0.368. The maximum Gasteiger partial charge on any atom is 0.345 e. The van der Waals surface area contributed by atoms with E-state index in [2.05, 4.69) is 9.97 Å². The predicted octanol–water partition coefficient (Wildman–Crippen LogP) is 1.59. The van der Waals surface area contributed by atoms with Crippen LogP contribution in [0.3, 0.4) is 0 Å². The summed E-state index contributed by atoms with van der Waals surface area (Å²) >= 11 is 0. The third-order valence-electron chi connectivity index (χ3n) is 2.44. The lowest BCUT2D eigenvalue weighted by Crippen LogP contribution is -2.11. The van der Waals surface area contributed by atoms with Crippen LogP contribution in [0.25, 0.3) is 11.3 Å². The lowest BCUT2D eigenvalue weighted by molar-refractivity contribution is 0.355. The zero-order chi connectivity index (χ0) is 13.1. The van der Waals surface area contributed by atoms with E-state index in [4.69, 9.17) is 9.47 Å². The van der Waals surface area contributed by atoms with Crippen LogP contribution < -0.4 is 15.2 Å². The van der Waals surface area contributed by atoms with E-state index in [1.54, 1.807) is 18.2 Å². The molecule has 0 bridgehead atoms. The van der Waals surface area contributed by atoms with Crippen molar-refractivity contribution in [3.63, 3.8) is 0 Å². The van der Waals surface area contributed by atoms with Crippen molar-refractivity contribution in [1.82, 2.24) is 9.97 Å². The highest BCUT2D eigenvalue weighted by molar-refractivity contribution is 5.64. The molecule has 5 nitrogen and oxygen atoms in total. The van der Waals surface area contributed by atoms with Crippen LogP contribution in [0.5, 0.6) is 11.5 Å². The summed E-state index contributed by atoms with van der Waals surface area (Å²) < 4.78 is 23.8. The Labute approximate surface area is 102 Å². The van der Waals surface area contributed by atoms with Gasteiger partial charge >= 0.3 is 5.69 Å². The lowest BCUT2D eigenvalue weighted by Gasteiger charge is -2.09. The molecule has 1 heterocycles. The Morgan fingerprint density at radius 1 is 1.22 bits per heavy atom. The van der Waals surface area contributed by atoms with Crippen molar-refractivity contribution < 1.29 is 13.9 Å². The normalized spacial score (nSPS) is 10.2. The SMILES string of the molecule is COc1ccc(-c2[nH]c(=O)ncc2F)cc1OC. The first-order chi connectivity index (χ1) is 8.65. The van der Waals surface area contributed by atoms with Crippen LogP contribution in [0.2, 0.25) is 0 Å². The first-order valence-electron chi connectivity index (χ1n) is 5.13. The van der Waals surface area contributed by atoms with Gasteiger partial charge in [-0.15, -0.1) is 0 Å². The smallest absolute Gasteiger partial charge is 0.345 e. The summed E-state index contributed by atoms with van der Waals surface area (Å²) in [4.78, 5) is 16.7. The summed E-state index contributed by atoms with van der Waals surface area (Å²) in [6.07, 6.45) is 0.880. The number of ether oxygens (including phenoxy) is 2. The standard InChI is InChI=1S/C12H11FN2O3/c1-17-9-4-3-7(5-10(9)18-2)11-8(13)6-14-12(16)15-11/h3-6H,1-2H3,(H,14,15,16). The van der Waals surface area contributed by atoms with Gasteiger partial charge in [0.15, 0.2) is 17.3 Å². The average Bonchev–Trinajstić information content (AvgIpc) is 2.40. The lowest BCUT2D eigenvalue weighted by atomic mass is 10.1. The van der Waals surface area contributed by atoms with E-state index in [1.165, 1.54) is 14.2 Å². The fourth-order valence-electron chi connectivity index (χ4n) is 1.58. The Kier molecular flexibility index (Phi) is 3.27. The number of hydrogen-bond acceptors (Lipinski definition) is 4. The van der Waals surface area contributed by atoms with Gasteiger partial charge in [0.1, 0.15) is 0 Å². The number of H-pyrrole nitrogens is 1. The van der Waals surface area contributed by atoms with Crippen LogP contribution in [-0.4, -0.2) is 24.2 Å². The summed E-state index contributed by atoms with van der Waals surface area (Å²) in [5.41, 5.74) is -0.0678. The molecule has 2 aromatic rings. The van der Waals surface area contributed by atoms with Gasteiger partial charge < -0.3 is 14.5 Å². The number of nitrogens with zero attached hydrogens (tertiary/aromatic N) is 1. The molecule has 18 heavy (non-hydrogen) atoms. The van der Waals surface area contributed by atoms with Gasteiger partial charge in [-0.2, -0.15) is 4.98 Å². The molecule has 0 saturated carbocycles. The number of rotatable bonds is 3. The number of benzene rings is 1. The van der Waals surface area contributed by atoms with Gasteiger partial charge in [0, 0.05) is 5.56 Å².